The van der Waals surface area contributed by atoms with Crippen molar-refractivity contribution in [2.75, 3.05) is 38.6 Å². The van der Waals surface area contributed by atoms with Gasteiger partial charge in [0, 0.05) is 51.4 Å². The molecule has 3 rings (SSSR count). The number of guanidine groups is 1. The Morgan fingerprint density at radius 1 is 1.18 bits per heavy atom. The Morgan fingerprint density at radius 2 is 1.89 bits per heavy atom. The molecule has 1 amide bonds. The van der Waals surface area contributed by atoms with Crippen LogP contribution in [0.2, 0.25) is 0 Å². The summed E-state index contributed by atoms with van der Waals surface area (Å²) in [4.78, 5) is 20.5. The van der Waals surface area contributed by atoms with E-state index in [1.807, 2.05) is 17.0 Å². The molecule has 2 fully saturated rings. The largest absolute Gasteiger partial charge is 0.355 e. The Morgan fingerprint density at radius 3 is 2.50 bits per heavy atom. The standard InChI is InChI=1S/C21H33N5O.HI/c1-22-21(23-13-15-25(2)18-6-3-4-7-18)24-16-17-9-11-19(12-10-17)26-14-5-8-20(26)27;/h9-12,18H,3-8,13-16H2,1-2H3,(H2,22,23,24);1H. The predicted octanol–water partition coefficient (Wildman–Crippen LogP) is 2.97. The monoisotopic (exact) mass is 499 g/mol. The van der Waals surface area contributed by atoms with E-state index in [2.05, 4.69) is 39.7 Å². The number of anilines is 1. The number of aliphatic imine (C=N–C) groups is 1. The normalized spacial score (nSPS) is 17.9. The van der Waals surface area contributed by atoms with Gasteiger partial charge in [-0.25, -0.2) is 0 Å². The fraction of sp³-hybridized carbons (Fsp3) is 0.619. The second-order valence-corrected chi connectivity index (χ2v) is 7.59. The van der Waals surface area contributed by atoms with Gasteiger partial charge in [0.15, 0.2) is 5.96 Å². The topological polar surface area (TPSA) is 60.0 Å². The highest BCUT2D eigenvalue weighted by molar-refractivity contribution is 14.0. The summed E-state index contributed by atoms with van der Waals surface area (Å²) < 4.78 is 0. The minimum atomic E-state index is 0. The SMILES string of the molecule is CN=C(NCCN(C)C1CCCC1)NCc1ccc(N2CCCC2=O)cc1.I. The van der Waals surface area contributed by atoms with Crippen molar-refractivity contribution < 1.29 is 4.79 Å². The molecule has 1 aliphatic carbocycles. The van der Waals surface area contributed by atoms with Crippen molar-refractivity contribution in [2.24, 2.45) is 4.99 Å². The highest BCUT2D eigenvalue weighted by atomic mass is 127. The summed E-state index contributed by atoms with van der Waals surface area (Å²) in [5.41, 5.74) is 2.18. The third-order valence-corrected chi connectivity index (χ3v) is 5.71. The number of nitrogens with one attached hydrogen (secondary N) is 2. The van der Waals surface area contributed by atoms with Crippen molar-refractivity contribution in [1.29, 1.82) is 0 Å². The molecule has 0 atom stereocenters. The Kier molecular flexibility index (Phi) is 9.50. The van der Waals surface area contributed by atoms with Gasteiger partial charge in [0.05, 0.1) is 0 Å². The zero-order chi connectivity index (χ0) is 19.1. The van der Waals surface area contributed by atoms with E-state index in [0.29, 0.717) is 13.0 Å². The molecule has 1 heterocycles. The Hall–Kier alpha value is -1.35. The van der Waals surface area contributed by atoms with E-state index in [9.17, 15) is 4.79 Å². The maximum absolute atomic E-state index is 11.8. The molecule has 0 spiro atoms. The summed E-state index contributed by atoms with van der Waals surface area (Å²) in [6, 6.07) is 8.98. The van der Waals surface area contributed by atoms with Crippen LogP contribution in [0.25, 0.3) is 0 Å². The van der Waals surface area contributed by atoms with Crippen molar-refractivity contribution in [3.63, 3.8) is 0 Å². The highest BCUT2D eigenvalue weighted by Gasteiger charge is 2.21. The first-order chi connectivity index (χ1) is 13.2. The van der Waals surface area contributed by atoms with Crippen LogP contribution in [0.3, 0.4) is 0 Å². The average molecular weight is 499 g/mol. The number of likely N-dealkylation sites (N-methyl/N-ethyl adjacent to an activating group) is 1. The van der Waals surface area contributed by atoms with E-state index in [1.165, 1.54) is 31.2 Å². The van der Waals surface area contributed by atoms with Crippen LogP contribution in [0.4, 0.5) is 5.69 Å². The molecule has 1 saturated carbocycles. The van der Waals surface area contributed by atoms with E-state index < -0.39 is 0 Å². The molecule has 156 valence electrons. The Bertz CT molecular complexity index is 643. The molecule has 0 radical (unpaired) electrons. The lowest BCUT2D eigenvalue weighted by atomic mass is 10.2. The van der Waals surface area contributed by atoms with Gasteiger partial charge in [0.25, 0.3) is 0 Å². The van der Waals surface area contributed by atoms with Crippen molar-refractivity contribution >= 4 is 41.5 Å². The van der Waals surface area contributed by atoms with Crippen molar-refractivity contribution in [1.82, 2.24) is 15.5 Å². The number of nitrogens with zero attached hydrogens (tertiary/aromatic N) is 3. The predicted molar refractivity (Wildman–Crippen MR) is 127 cm³/mol. The molecule has 1 aromatic rings. The summed E-state index contributed by atoms with van der Waals surface area (Å²) in [6.07, 6.45) is 7.04. The van der Waals surface area contributed by atoms with Crippen molar-refractivity contribution in [2.45, 2.75) is 51.1 Å². The van der Waals surface area contributed by atoms with Gasteiger partial charge in [-0.1, -0.05) is 25.0 Å². The van der Waals surface area contributed by atoms with Gasteiger partial charge in [0.1, 0.15) is 0 Å². The molecule has 1 aliphatic heterocycles. The number of rotatable bonds is 7. The maximum Gasteiger partial charge on any atom is 0.227 e. The average Bonchev–Trinajstić information content (AvgIpc) is 3.36. The third-order valence-electron chi connectivity index (χ3n) is 5.71. The number of benzene rings is 1. The van der Waals surface area contributed by atoms with Crippen LogP contribution in [0.5, 0.6) is 0 Å². The highest BCUT2D eigenvalue weighted by Crippen LogP contribution is 2.22. The maximum atomic E-state index is 11.8. The fourth-order valence-electron chi connectivity index (χ4n) is 4.00. The summed E-state index contributed by atoms with van der Waals surface area (Å²) in [5, 5.41) is 6.77. The van der Waals surface area contributed by atoms with Crippen LogP contribution in [0.1, 0.15) is 44.1 Å². The molecule has 6 nitrogen and oxygen atoms in total. The van der Waals surface area contributed by atoms with Crippen LogP contribution in [-0.2, 0) is 11.3 Å². The summed E-state index contributed by atoms with van der Waals surface area (Å²) >= 11 is 0. The first-order valence-electron chi connectivity index (χ1n) is 10.2. The quantitative estimate of drug-likeness (QED) is 0.344. The van der Waals surface area contributed by atoms with Crippen LogP contribution >= 0.6 is 24.0 Å². The lowest BCUT2D eigenvalue weighted by molar-refractivity contribution is -0.117. The van der Waals surface area contributed by atoms with Crippen LogP contribution in [0, 0.1) is 0 Å². The third kappa shape index (κ3) is 6.34. The number of amides is 1. The summed E-state index contributed by atoms with van der Waals surface area (Å²) in [7, 11) is 4.03. The molecule has 2 aliphatic rings. The first kappa shape index (κ1) is 22.9. The molecular formula is C21H34IN5O. The summed E-state index contributed by atoms with van der Waals surface area (Å²) in [5.74, 6) is 1.06. The van der Waals surface area contributed by atoms with Crippen molar-refractivity contribution in [3.8, 4) is 0 Å². The first-order valence-corrected chi connectivity index (χ1v) is 10.2. The van der Waals surface area contributed by atoms with Gasteiger partial charge in [-0.2, -0.15) is 0 Å². The van der Waals surface area contributed by atoms with E-state index in [-0.39, 0.29) is 29.9 Å². The fourth-order valence-corrected chi connectivity index (χ4v) is 4.00. The lowest BCUT2D eigenvalue weighted by Gasteiger charge is -2.24. The minimum Gasteiger partial charge on any atom is -0.355 e. The van der Waals surface area contributed by atoms with Gasteiger partial charge in [0.2, 0.25) is 5.91 Å². The van der Waals surface area contributed by atoms with E-state index in [1.54, 1.807) is 7.05 Å². The number of carbonyl (C=O) groups is 1. The van der Waals surface area contributed by atoms with Crippen LogP contribution in [0.15, 0.2) is 29.3 Å². The molecule has 2 N–H and O–H groups in total. The van der Waals surface area contributed by atoms with Crippen LogP contribution < -0.4 is 15.5 Å². The second kappa shape index (κ2) is 11.6. The van der Waals surface area contributed by atoms with E-state index >= 15 is 0 Å². The molecule has 0 aromatic heterocycles. The van der Waals surface area contributed by atoms with Gasteiger partial charge in [-0.05, 0) is 44.0 Å². The molecule has 1 saturated heterocycles. The van der Waals surface area contributed by atoms with Gasteiger partial charge in [-0.3, -0.25) is 9.79 Å². The van der Waals surface area contributed by atoms with Gasteiger partial charge < -0.3 is 20.4 Å². The number of carbonyl (C=O) groups excluding carboxylic acids is 1. The molecule has 28 heavy (non-hydrogen) atoms. The van der Waals surface area contributed by atoms with Gasteiger partial charge in [-0.15, -0.1) is 24.0 Å². The zero-order valence-corrected chi connectivity index (χ0v) is 19.4. The molecule has 0 bridgehead atoms. The van der Waals surface area contributed by atoms with E-state index in [4.69, 9.17) is 0 Å². The number of hydrogen-bond donors (Lipinski definition) is 2. The Balaban J connectivity index is 0.00000280. The molecule has 0 unspecified atom stereocenters. The van der Waals surface area contributed by atoms with E-state index in [0.717, 1.165) is 43.7 Å². The summed E-state index contributed by atoms with van der Waals surface area (Å²) in [6.45, 7) is 3.47. The number of halogens is 1. The molecule has 1 aromatic carbocycles. The lowest BCUT2D eigenvalue weighted by Crippen LogP contribution is -2.42. The van der Waals surface area contributed by atoms with Gasteiger partial charge >= 0.3 is 0 Å². The minimum absolute atomic E-state index is 0. The smallest absolute Gasteiger partial charge is 0.227 e. The van der Waals surface area contributed by atoms with Crippen LogP contribution in [-0.4, -0.2) is 56.5 Å². The Labute approximate surface area is 186 Å². The number of hydrogen-bond acceptors (Lipinski definition) is 3. The zero-order valence-electron chi connectivity index (χ0n) is 17.1. The molecular weight excluding hydrogens is 465 g/mol. The molecule has 7 heteroatoms. The van der Waals surface area contributed by atoms with Crippen molar-refractivity contribution in [3.05, 3.63) is 29.8 Å². The second-order valence-electron chi connectivity index (χ2n) is 7.59.